The van der Waals surface area contributed by atoms with Gasteiger partial charge in [-0.15, -0.1) is 5.10 Å². The molecule has 3 aromatic rings. The number of rotatable bonds is 5. The molecular formula is C18H24N8O. The Morgan fingerprint density at radius 1 is 1.37 bits per heavy atom. The van der Waals surface area contributed by atoms with Crippen molar-refractivity contribution in [3.05, 3.63) is 36.9 Å². The van der Waals surface area contributed by atoms with Crippen molar-refractivity contribution in [2.24, 2.45) is 0 Å². The first-order chi connectivity index (χ1) is 13.1. The van der Waals surface area contributed by atoms with E-state index in [2.05, 4.69) is 44.9 Å². The Hall–Kier alpha value is -2.78. The average Bonchev–Trinajstić information content (AvgIpc) is 3.34. The molecule has 0 aliphatic carbocycles. The van der Waals surface area contributed by atoms with Crippen molar-refractivity contribution in [2.75, 3.05) is 18.4 Å². The van der Waals surface area contributed by atoms with Gasteiger partial charge in [0, 0.05) is 48.5 Å². The summed E-state index contributed by atoms with van der Waals surface area (Å²) in [5.41, 5.74) is 2.51. The molecule has 0 aromatic carbocycles. The van der Waals surface area contributed by atoms with Gasteiger partial charge in [-0.1, -0.05) is 5.21 Å². The largest absolute Gasteiger partial charge is 0.390 e. The minimum Gasteiger partial charge on any atom is -0.390 e. The molecule has 0 radical (unpaired) electrons. The molecule has 3 aromatic heterocycles. The summed E-state index contributed by atoms with van der Waals surface area (Å²) in [6.07, 6.45) is 7.60. The van der Waals surface area contributed by atoms with E-state index in [0.29, 0.717) is 6.54 Å². The number of aromatic nitrogens is 6. The SMILES string of the molecule is CC(C)Nc1cc(-n2cccn2)ncc1-c1cn([C@H]2CCNC[C@H]2O)nn1. The molecule has 4 rings (SSSR count). The summed E-state index contributed by atoms with van der Waals surface area (Å²) < 4.78 is 3.49. The van der Waals surface area contributed by atoms with Gasteiger partial charge in [0.25, 0.3) is 0 Å². The van der Waals surface area contributed by atoms with Crippen molar-refractivity contribution in [2.45, 2.75) is 38.5 Å². The molecule has 27 heavy (non-hydrogen) atoms. The number of nitrogens with zero attached hydrogens (tertiary/aromatic N) is 6. The molecule has 3 N–H and O–H groups in total. The fourth-order valence-electron chi connectivity index (χ4n) is 3.31. The molecular weight excluding hydrogens is 344 g/mol. The van der Waals surface area contributed by atoms with Crippen molar-refractivity contribution in [3.8, 4) is 17.1 Å². The molecule has 0 unspecified atom stereocenters. The third-order valence-electron chi connectivity index (χ3n) is 4.61. The van der Waals surface area contributed by atoms with Crippen molar-refractivity contribution < 1.29 is 5.11 Å². The monoisotopic (exact) mass is 368 g/mol. The van der Waals surface area contributed by atoms with Gasteiger partial charge in [0.1, 0.15) is 5.69 Å². The van der Waals surface area contributed by atoms with Crippen LogP contribution in [0.2, 0.25) is 0 Å². The zero-order chi connectivity index (χ0) is 18.8. The molecule has 1 aliphatic rings. The molecule has 4 heterocycles. The average molecular weight is 368 g/mol. The van der Waals surface area contributed by atoms with Crippen LogP contribution in [0.15, 0.2) is 36.9 Å². The summed E-state index contributed by atoms with van der Waals surface area (Å²) >= 11 is 0. The van der Waals surface area contributed by atoms with E-state index in [1.54, 1.807) is 21.8 Å². The number of aliphatic hydroxyl groups excluding tert-OH is 1. The van der Waals surface area contributed by atoms with E-state index in [9.17, 15) is 5.11 Å². The third-order valence-corrected chi connectivity index (χ3v) is 4.61. The van der Waals surface area contributed by atoms with E-state index in [4.69, 9.17) is 0 Å². The van der Waals surface area contributed by atoms with Crippen LogP contribution in [0, 0.1) is 0 Å². The highest BCUT2D eigenvalue weighted by atomic mass is 16.3. The summed E-state index contributed by atoms with van der Waals surface area (Å²) in [5.74, 6) is 0.730. The molecule has 142 valence electrons. The maximum atomic E-state index is 10.2. The minimum atomic E-state index is -0.470. The number of nitrogens with one attached hydrogen (secondary N) is 2. The van der Waals surface area contributed by atoms with Crippen LogP contribution in [0.1, 0.15) is 26.3 Å². The molecule has 0 saturated carbocycles. The summed E-state index contributed by atoms with van der Waals surface area (Å²) in [4.78, 5) is 4.53. The number of piperidine rings is 1. The minimum absolute atomic E-state index is 0.0645. The van der Waals surface area contributed by atoms with Crippen molar-refractivity contribution >= 4 is 5.69 Å². The van der Waals surface area contributed by atoms with Gasteiger partial charge >= 0.3 is 0 Å². The first-order valence-corrected chi connectivity index (χ1v) is 9.19. The summed E-state index contributed by atoms with van der Waals surface area (Å²) in [6.45, 7) is 5.59. The van der Waals surface area contributed by atoms with E-state index in [1.165, 1.54) is 0 Å². The van der Waals surface area contributed by atoms with Gasteiger partial charge in [0.2, 0.25) is 0 Å². The Labute approximate surface area is 157 Å². The smallest absolute Gasteiger partial charge is 0.155 e. The molecule has 1 fully saturated rings. The van der Waals surface area contributed by atoms with Crippen LogP contribution in [-0.4, -0.2) is 60.1 Å². The molecule has 0 bridgehead atoms. The number of hydrogen-bond acceptors (Lipinski definition) is 7. The number of β-amino-alcohol motifs (C(OH)–C–C–N with tert-alkyl or cyclic N) is 1. The lowest BCUT2D eigenvalue weighted by atomic mass is 10.0. The van der Waals surface area contributed by atoms with Crippen LogP contribution in [-0.2, 0) is 0 Å². The Bertz CT molecular complexity index is 889. The van der Waals surface area contributed by atoms with Crippen LogP contribution in [0.5, 0.6) is 0 Å². The van der Waals surface area contributed by atoms with Gasteiger partial charge in [-0.25, -0.2) is 14.3 Å². The molecule has 1 saturated heterocycles. The number of hydrogen-bond donors (Lipinski definition) is 3. The van der Waals surface area contributed by atoms with Crippen LogP contribution in [0.3, 0.4) is 0 Å². The second kappa shape index (κ2) is 7.45. The molecule has 0 amide bonds. The topological polar surface area (TPSA) is 106 Å². The van der Waals surface area contributed by atoms with E-state index in [0.717, 1.165) is 35.7 Å². The fourth-order valence-corrected chi connectivity index (χ4v) is 3.31. The number of pyridine rings is 1. The maximum absolute atomic E-state index is 10.2. The third kappa shape index (κ3) is 3.69. The normalized spacial score (nSPS) is 20.1. The Kier molecular flexibility index (Phi) is 4.87. The van der Waals surface area contributed by atoms with Gasteiger partial charge < -0.3 is 15.7 Å². The van der Waals surface area contributed by atoms with Gasteiger partial charge in [-0.2, -0.15) is 5.10 Å². The Balaban J connectivity index is 1.68. The Morgan fingerprint density at radius 2 is 2.26 bits per heavy atom. The first-order valence-electron chi connectivity index (χ1n) is 9.19. The lowest BCUT2D eigenvalue weighted by Gasteiger charge is -2.27. The van der Waals surface area contributed by atoms with E-state index in [1.807, 2.05) is 24.5 Å². The number of aliphatic hydroxyl groups is 1. The quantitative estimate of drug-likeness (QED) is 0.622. The van der Waals surface area contributed by atoms with Gasteiger partial charge in [0.05, 0.1) is 18.3 Å². The second-order valence-electron chi connectivity index (χ2n) is 7.05. The summed E-state index contributed by atoms with van der Waals surface area (Å²) in [5, 5.41) is 29.7. The van der Waals surface area contributed by atoms with Crippen LogP contribution in [0.25, 0.3) is 17.1 Å². The molecule has 1 aliphatic heterocycles. The predicted molar refractivity (Wildman–Crippen MR) is 102 cm³/mol. The van der Waals surface area contributed by atoms with Crippen LogP contribution < -0.4 is 10.6 Å². The van der Waals surface area contributed by atoms with Crippen molar-refractivity contribution in [1.29, 1.82) is 0 Å². The van der Waals surface area contributed by atoms with Crippen molar-refractivity contribution in [1.82, 2.24) is 35.1 Å². The van der Waals surface area contributed by atoms with E-state index < -0.39 is 6.10 Å². The van der Waals surface area contributed by atoms with Gasteiger partial charge in [-0.3, -0.25) is 0 Å². The lowest BCUT2D eigenvalue weighted by molar-refractivity contribution is 0.0800. The maximum Gasteiger partial charge on any atom is 0.155 e. The van der Waals surface area contributed by atoms with Crippen molar-refractivity contribution in [3.63, 3.8) is 0 Å². The molecule has 9 heteroatoms. The molecule has 9 nitrogen and oxygen atoms in total. The van der Waals surface area contributed by atoms with E-state index >= 15 is 0 Å². The van der Waals surface area contributed by atoms with Gasteiger partial charge in [-0.05, 0) is 32.9 Å². The van der Waals surface area contributed by atoms with Gasteiger partial charge in [0.15, 0.2) is 5.82 Å². The second-order valence-corrected chi connectivity index (χ2v) is 7.05. The zero-order valence-corrected chi connectivity index (χ0v) is 15.4. The van der Waals surface area contributed by atoms with E-state index in [-0.39, 0.29) is 12.1 Å². The summed E-state index contributed by atoms with van der Waals surface area (Å²) in [7, 11) is 0. The zero-order valence-electron chi connectivity index (χ0n) is 15.4. The molecule has 2 atom stereocenters. The highest BCUT2D eigenvalue weighted by Gasteiger charge is 2.26. The van der Waals surface area contributed by atoms with Crippen LogP contribution >= 0.6 is 0 Å². The van der Waals surface area contributed by atoms with Crippen LogP contribution in [0.4, 0.5) is 5.69 Å². The highest BCUT2D eigenvalue weighted by molar-refractivity contribution is 5.75. The highest BCUT2D eigenvalue weighted by Crippen LogP contribution is 2.29. The fraction of sp³-hybridized carbons (Fsp3) is 0.444. The standard InChI is InChI=1S/C18H24N8O/c1-12(2)22-14-8-18(25-7-3-5-21-25)20-9-13(14)15-11-26(24-23-15)16-4-6-19-10-17(16)27/h3,5,7-9,11-12,16-17,19,27H,4,6,10H2,1-2H3,(H,20,22)/t16-,17+/m0/s1. The predicted octanol–water partition coefficient (Wildman–Crippen LogP) is 1.24. The summed E-state index contributed by atoms with van der Waals surface area (Å²) in [6, 6.07) is 4.00. The Morgan fingerprint density at radius 3 is 3.00 bits per heavy atom. The number of anilines is 1. The first kappa shape index (κ1) is 17.6. The lowest BCUT2D eigenvalue weighted by Crippen LogP contribution is -2.41. The molecule has 0 spiro atoms.